The van der Waals surface area contributed by atoms with Crippen molar-refractivity contribution in [2.24, 2.45) is 0 Å². The van der Waals surface area contributed by atoms with Gasteiger partial charge in [0.25, 0.3) is 5.91 Å². The Labute approximate surface area is 142 Å². The average molecular weight is 335 g/mol. The van der Waals surface area contributed by atoms with E-state index in [9.17, 15) is 9.59 Å². The fourth-order valence-corrected chi connectivity index (χ4v) is 1.92. The van der Waals surface area contributed by atoms with Crippen molar-refractivity contribution in [3.05, 3.63) is 29.8 Å². The first kappa shape index (κ1) is 19.5. The SMILES string of the molecule is CCNC(=O)[C@H](C)OC(=O)/C=C/c1ccc(OCC)c(OCC)c1. The predicted octanol–water partition coefficient (Wildman–Crippen LogP) is 2.57. The van der Waals surface area contributed by atoms with E-state index in [0.29, 0.717) is 31.3 Å². The molecule has 1 rings (SSSR count). The number of ether oxygens (including phenoxy) is 3. The van der Waals surface area contributed by atoms with Gasteiger partial charge in [-0.3, -0.25) is 4.79 Å². The van der Waals surface area contributed by atoms with Crippen LogP contribution in [0.15, 0.2) is 24.3 Å². The second-order valence-corrected chi connectivity index (χ2v) is 4.88. The third kappa shape index (κ3) is 6.32. The molecule has 0 fully saturated rings. The van der Waals surface area contributed by atoms with Crippen molar-refractivity contribution in [2.45, 2.75) is 33.8 Å². The number of esters is 1. The molecule has 0 aliphatic rings. The summed E-state index contributed by atoms with van der Waals surface area (Å²) in [4.78, 5) is 23.3. The Hall–Kier alpha value is -2.50. The van der Waals surface area contributed by atoms with E-state index < -0.39 is 12.1 Å². The normalized spacial score (nSPS) is 11.8. The molecule has 1 N–H and O–H groups in total. The third-order valence-electron chi connectivity index (χ3n) is 2.99. The summed E-state index contributed by atoms with van der Waals surface area (Å²) in [5.41, 5.74) is 0.768. The van der Waals surface area contributed by atoms with Crippen LogP contribution in [0.5, 0.6) is 11.5 Å². The van der Waals surface area contributed by atoms with Gasteiger partial charge in [0.2, 0.25) is 0 Å². The van der Waals surface area contributed by atoms with Crippen LogP contribution in [-0.2, 0) is 14.3 Å². The number of hydrogen-bond acceptors (Lipinski definition) is 5. The summed E-state index contributed by atoms with van der Waals surface area (Å²) < 4.78 is 16.1. The number of likely N-dealkylation sites (N-methyl/N-ethyl adjacent to an activating group) is 1. The molecule has 1 aromatic rings. The Balaban J connectivity index is 2.73. The number of amides is 1. The van der Waals surface area contributed by atoms with Gasteiger partial charge in [0.05, 0.1) is 13.2 Å². The minimum absolute atomic E-state index is 0.320. The zero-order valence-corrected chi connectivity index (χ0v) is 14.6. The molecule has 0 bridgehead atoms. The zero-order chi connectivity index (χ0) is 17.9. The van der Waals surface area contributed by atoms with E-state index in [1.165, 1.54) is 13.0 Å². The number of carbonyl (C=O) groups is 2. The van der Waals surface area contributed by atoms with Gasteiger partial charge < -0.3 is 19.5 Å². The first-order chi connectivity index (χ1) is 11.5. The summed E-state index contributed by atoms with van der Waals surface area (Å²) in [5, 5.41) is 2.59. The molecule has 1 aromatic carbocycles. The van der Waals surface area contributed by atoms with E-state index in [4.69, 9.17) is 14.2 Å². The lowest BCUT2D eigenvalue weighted by molar-refractivity contribution is -0.150. The molecular weight excluding hydrogens is 310 g/mol. The number of nitrogens with one attached hydrogen (secondary N) is 1. The molecule has 0 aliphatic heterocycles. The van der Waals surface area contributed by atoms with Crippen molar-refractivity contribution in [1.29, 1.82) is 0 Å². The lowest BCUT2D eigenvalue weighted by Crippen LogP contribution is -2.35. The maximum Gasteiger partial charge on any atom is 0.331 e. The molecule has 0 unspecified atom stereocenters. The molecule has 0 saturated carbocycles. The lowest BCUT2D eigenvalue weighted by atomic mass is 10.2. The quantitative estimate of drug-likeness (QED) is 0.554. The first-order valence-electron chi connectivity index (χ1n) is 8.07. The Morgan fingerprint density at radius 1 is 1.12 bits per heavy atom. The van der Waals surface area contributed by atoms with Gasteiger partial charge in [-0.1, -0.05) is 6.07 Å². The van der Waals surface area contributed by atoms with Crippen LogP contribution in [0.2, 0.25) is 0 Å². The molecule has 0 aliphatic carbocycles. The fourth-order valence-electron chi connectivity index (χ4n) is 1.92. The van der Waals surface area contributed by atoms with E-state index in [0.717, 1.165) is 5.56 Å². The van der Waals surface area contributed by atoms with Crippen LogP contribution in [-0.4, -0.2) is 37.7 Å². The summed E-state index contributed by atoms with van der Waals surface area (Å²) in [6, 6.07) is 5.38. The summed E-state index contributed by atoms with van der Waals surface area (Å²) >= 11 is 0. The molecule has 1 atom stereocenters. The average Bonchev–Trinajstić information content (AvgIpc) is 2.55. The number of hydrogen-bond donors (Lipinski definition) is 1. The minimum Gasteiger partial charge on any atom is -0.490 e. The zero-order valence-electron chi connectivity index (χ0n) is 14.6. The Kier molecular flexibility index (Phi) is 8.39. The van der Waals surface area contributed by atoms with Crippen molar-refractivity contribution in [1.82, 2.24) is 5.32 Å². The topological polar surface area (TPSA) is 73.9 Å². The Morgan fingerprint density at radius 3 is 2.42 bits per heavy atom. The molecule has 6 heteroatoms. The van der Waals surface area contributed by atoms with Crippen LogP contribution in [0.4, 0.5) is 0 Å². The molecular formula is C18H25NO5. The summed E-state index contributed by atoms with van der Waals surface area (Å²) in [7, 11) is 0. The van der Waals surface area contributed by atoms with Gasteiger partial charge in [-0.25, -0.2) is 4.79 Å². The molecule has 0 spiro atoms. The highest BCUT2D eigenvalue weighted by Gasteiger charge is 2.15. The van der Waals surface area contributed by atoms with Crippen LogP contribution in [0.25, 0.3) is 6.08 Å². The van der Waals surface area contributed by atoms with Crippen molar-refractivity contribution < 1.29 is 23.8 Å². The molecule has 0 heterocycles. The van der Waals surface area contributed by atoms with E-state index in [1.807, 2.05) is 19.9 Å². The van der Waals surface area contributed by atoms with Gasteiger partial charge in [-0.15, -0.1) is 0 Å². The number of benzene rings is 1. The molecule has 0 radical (unpaired) electrons. The summed E-state index contributed by atoms with van der Waals surface area (Å²) in [5.74, 6) is 0.369. The van der Waals surface area contributed by atoms with Crippen molar-refractivity contribution >= 4 is 18.0 Å². The van der Waals surface area contributed by atoms with Crippen LogP contribution < -0.4 is 14.8 Å². The fraction of sp³-hybridized carbons (Fsp3) is 0.444. The van der Waals surface area contributed by atoms with Gasteiger partial charge in [0, 0.05) is 12.6 Å². The monoisotopic (exact) mass is 335 g/mol. The summed E-state index contributed by atoms with van der Waals surface area (Å²) in [6.07, 6.45) is 2.05. The highest BCUT2D eigenvalue weighted by molar-refractivity contribution is 5.90. The number of carbonyl (C=O) groups excluding carboxylic acids is 2. The van der Waals surface area contributed by atoms with Gasteiger partial charge in [-0.2, -0.15) is 0 Å². The maximum absolute atomic E-state index is 11.8. The second-order valence-electron chi connectivity index (χ2n) is 4.88. The molecule has 6 nitrogen and oxygen atoms in total. The van der Waals surface area contributed by atoms with Crippen LogP contribution >= 0.6 is 0 Å². The molecule has 24 heavy (non-hydrogen) atoms. The number of rotatable bonds is 9. The van der Waals surface area contributed by atoms with Crippen LogP contribution in [0.3, 0.4) is 0 Å². The van der Waals surface area contributed by atoms with E-state index in [2.05, 4.69) is 5.32 Å². The highest BCUT2D eigenvalue weighted by Crippen LogP contribution is 2.29. The standard InChI is InChI=1S/C18H25NO5/c1-5-19-18(21)13(4)24-17(20)11-9-14-8-10-15(22-6-2)16(12-14)23-7-3/h8-13H,5-7H2,1-4H3,(H,19,21)/b11-9+/t13-/m0/s1. The smallest absolute Gasteiger partial charge is 0.331 e. The predicted molar refractivity (Wildman–Crippen MR) is 92.1 cm³/mol. The molecule has 1 amide bonds. The van der Waals surface area contributed by atoms with Crippen LogP contribution in [0.1, 0.15) is 33.3 Å². The molecule has 0 aromatic heterocycles. The van der Waals surface area contributed by atoms with E-state index in [1.54, 1.807) is 25.1 Å². The van der Waals surface area contributed by atoms with Gasteiger partial charge in [-0.05, 0) is 51.5 Å². The first-order valence-corrected chi connectivity index (χ1v) is 8.07. The minimum atomic E-state index is -0.832. The van der Waals surface area contributed by atoms with Gasteiger partial charge in [0.1, 0.15) is 0 Å². The van der Waals surface area contributed by atoms with Crippen LogP contribution in [0, 0.1) is 0 Å². The Bertz CT molecular complexity index is 583. The summed E-state index contributed by atoms with van der Waals surface area (Å²) in [6.45, 7) is 8.66. The third-order valence-corrected chi connectivity index (χ3v) is 2.99. The van der Waals surface area contributed by atoms with Crippen molar-refractivity contribution in [3.8, 4) is 11.5 Å². The van der Waals surface area contributed by atoms with E-state index in [-0.39, 0.29) is 5.91 Å². The Morgan fingerprint density at radius 2 is 1.79 bits per heavy atom. The van der Waals surface area contributed by atoms with Crippen molar-refractivity contribution in [2.75, 3.05) is 19.8 Å². The highest BCUT2D eigenvalue weighted by atomic mass is 16.5. The van der Waals surface area contributed by atoms with Crippen molar-refractivity contribution in [3.63, 3.8) is 0 Å². The molecule has 132 valence electrons. The molecule has 0 saturated heterocycles. The second kappa shape index (κ2) is 10.3. The van der Waals surface area contributed by atoms with Gasteiger partial charge in [0.15, 0.2) is 17.6 Å². The lowest BCUT2D eigenvalue weighted by Gasteiger charge is -2.12. The largest absolute Gasteiger partial charge is 0.490 e. The van der Waals surface area contributed by atoms with Gasteiger partial charge >= 0.3 is 5.97 Å². The van der Waals surface area contributed by atoms with E-state index >= 15 is 0 Å². The maximum atomic E-state index is 11.8.